The normalized spacial score (nSPS) is 11.4. The van der Waals surface area contributed by atoms with Crippen molar-refractivity contribution in [1.82, 2.24) is 9.97 Å². The fourth-order valence-electron chi connectivity index (χ4n) is 2.64. The first kappa shape index (κ1) is 19.0. The topological polar surface area (TPSA) is 45.8 Å². The van der Waals surface area contributed by atoms with Crippen LogP contribution in [-0.2, 0) is 6.42 Å². The number of H-pyrrole nitrogens is 1. The quantitative estimate of drug-likeness (QED) is 0.290. The van der Waals surface area contributed by atoms with Crippen LogP contribution in [0.15, 0.2) is 56.9 Å². The molecule has 136 valence electrons. The molecule has 1 aromatic heterocycles. The van der Waals surface area contributed by atoms with Crippen LogP contribution in [0.5, 0.6) is 0 Å². The molecule has 0 saturated carbocycles. The van der Waals surface area contributed by atoms with Crippen molar-refractivity contribution in [3.05, 3.63) is 68.4 Å². The van der Waals surface area contributed by atoms with Gasteiger partial charge in [0.2, 0.25) is 0 Å². The number of aromatic nitrogens is 2. The summed E-state index contributed by atoms with van der Waals surface area (Å²) >= 11 is 4.72. The molecule has 26 heavy (non-hydrogen) atoms. The Hall–Kier alpha value is -1.73. The highest BCUT2D eigenvalue weighted by atomic mass is 79.9. The number of benzene rings is 2. The molecule has 0 aliphatic rings. The first-order valence-electron chi connectivity index (χ1n) is 8.23. The molecule has 2 aromatic carbocycles. The molecule has 0 fully saturated rings. The summed E-state index contributed by atoms with van der Waals surface area (Å²) in [6, 6.07) is 12.3. The third-order valence-corrected chi connectivity index (χ3v) is 5.64. The van der Waals surface area contributed by atoms with E-state index in [0.717, 1.165) is 30.6 Å². The van der Waals surface area contributed by atoms with Crippen LogP contribution < -0.4 is 5.56 Å². The van der Waals surface area contributed by atoms with Crippen LogP contribution in [0.3, 0.4) is 0 Å². The smallest absolute Gasteiger partial charge is 0.264 e. The number of fused-ring (bicyclic) bond motifs is 1. The van der Waals surface area contributed by atoms with Crippen LogP contribution in [0.4, 0.5) is 8.78 Å². The number of nitrogens with one attached hydrogen (secondary N) is 1. The second kappa shape index (κ2) is 8.77. The lowest BCUT2D eigenvalue weighted by Crippen LogP contribution is -2.09. The Morgan fingerprint density at radius 1 is 1.15 bits per heavy atom. The van der Waals surface area contributed by atoms with Crippen LogP contribution in [0.2, 0.25) is 0 Å². The number of unbranched alkanes of at least 4 members (excludes halogenated alkanes) is 1. The molecule has 1 N–H and O–H groups in total. The molecule has 3 aromatic rings. The maximum Gasteiger partial charge on any atom is 0.264 e. The van der Waals surface area contributed by atoms with Gasteiger partial charge in [-0.3, -0.25) is 4.79 Å². The second-order valence-corrected chi connectivity index (χ2v) is 7.79. The van der Waals surface area contributed by atoms with E-state index in [-0.39, 0.29) is 11.1 Å². The summed E-state index contributed by atoms with van der Waals surface area (Å²) in [5, 5.41) is 1.22. The molecule has 0 unspecified atom stereocenters. The van der Waals surface area contributed by atoms with Gasteiger partial charge in [-0.1, -0.05) is 52.0 Å². The SMILES string of the molecule is O=c1[nH]c(SCCCCc2ccc(C(F)F)c(Br)c2)nc2ccccc12. The van der Waals surface area contributed by atoms with Gasteiger partial charge in [0.15, 0.2) is 5.16 Å². The highest BCUT2D eigenvalue weighted by Crippen LogP contribution is 2.28. The Morgan fingerprint density at radius 2 is 1.96 bits per heavy atom. The van der Waals surface area contributed by atoms with Gasteiger partial charge < -0.3 is 4.98 Å². The van der Waals surface area contributed by atoms with E-state index in [0.29, 0.717) is 20.5 Å². The number of para-hydroxylation sites is 1. The van der Waals surface area contributed by atoms with E-state index in [1.165, 1.54) is 17.8 Å². The summed E-state index contributed by atoms with van der Waals surface area (Å²) < 4.78 is 25.9. The Bertz CT molecular complexity index is 962. The minimum atomic E-state index is -2.47. The maximum absolute atomic E-state index is 12.7. The molecule has 7 heteroatoms. The van der Waals surface area contributed by atoms with Crippen LogP contribution >= 0.6 is 27.7 Å². The zero-order valence-corrected chi connectivity index (χ0v) is 16.2. The first-order chi connectivity index (χ1) is 12.5. The van der Waals surface area contributed by atoms with Crippen LogP contribution in [-0.4, -0.2) is 15.7 Å². The molecule has 1 heterocycles. The number of alkyl halides is 2. The van der Waals surface area contributed by atoms with E-state index in [9.17, 15) is 13.6 Å². The fourth-order valence-corrected chi connectivity index (χ4v) is 4.11. The van der Waals surface area contributed by atoms with Crippen molar-refractivity contribution >= 4 is 38.6 Å². The largest absolute Gasteiger partial charge is 0.301 e. The molecule has 0 bridgehead atoms. The number of hydrogen-bond acceptors (Lipinski definition) is 3. The van der Waals surface area contributed by atoms with Gasteiger partial charge in [0, 0.05) is 15.8 Å². The molecule has 0 atom stereocenters. The summed E-state index contributed by atoms with van der Waals surface area (Å²) in [5.74, 6) is 0.831. The van der Waals surface area contributed by atoms with Crippen molar-refractivity contribution in [2.45, 2.75) is 30.8 Å². The van der Waals surface area contributed by atoms with Gasteiger partial charge in [-0.15, -0.1) is 0 Å². The van der Waals surface area contributed by atoms with E-state index >= 15 is 0 Å². The Balaban J connectivity index is 1.50. The molecule has 0 aliphatic heterocycles. The Labute approximate surface area is 162 Å². The minimum Gasteiger partial charge on any atom is -0.301 e. The molecular weight excluding hydrogens is 422 g/mol. The van der Waals surface area contributed by atoms with Gasteiger partial charge in [-0.25, -0.2) is 13.8 Å². The van der Waals surface area contributed by atoms with E-state index in [2.05, 4.69) is 25.9 Å². The summed E-state index contributed by atoms with van der Waals surface area (Å²) in [6.45, 7) is 0. The van der Waals surface area contributed by atoms with E-state index < -0.39 is 6.43 Å². The lowest BCUT2D eigenvalue weighted by Gasteiger charge is -2.07. The number of halogens is 3. The molecule has 3 rings (SSSR count). The molecule has 0 amide bonds. The van der Waals surface area contributed by atoms with Gasteiger partial charge >= 0.3 is 0 Å². The first-order valence-corrected chi connectivity index (χ1v) is 10.0. The second-order valence-electron chi connectivity index (χ2n) is 5.85. The van der Waals surface area contributed by atoms with Crippen LogP contribution in [0.25, 0.3) is 10.9 Å². The third kappa shape index (κ3) is 4.71. The molecule has 0 saturated heterocycles. The summed E-state index contributed by atoms with van der Waals surface area (Å²) in [7, 11) is 0. The average Bonchev–Trinajstić information content (AvgIpc) is 2.61. The lowest BCUT2D eigenvalue weighted by atomic mass is 10.1. The zero-order chi connectivity index (χ0) is 18.5. The molecule has 3 nitrogen and oxygen atoms in total. The summed E-state index contributed by atoms with van der Waals surface area (Å²) in [4.78, 5) is 19.3. The predicted molar refractivity (Wildman–Crippen MR) is 105 cm³/mol. The monoisotopic (exact) mass is 438 g/mol. The van der Waals surface area contributed by atoms with Crippen LogP contribution in [0.1, 0.15) is 30.4 Å². The van der Waals surface area contributed by atoms with Gasteiger partial charge in [0.05, 0.1) is 10.9 Å². The molecular formula is C19H17BrF2N2OS. The van der Waals surface area contributed by atoms with Gasteiger partial charge in [-0.05, 0) is 43.0 Å². The van der Waals surface area contributed by atoms with Crippen molar-refractivity contribution in [1.29, 1.82) is 0 Å². The van der Waals surface area contributed by atoms with Crippen molar-refractivity contribution in [2.75, 3.05) is 5.75 Å². The van der Waals surface area contributed by atoms with E-state index in [1.807, 2.05) is 18.2 Å². The predicted octanol–water partition coefficient (Wildman–Crippen LogP) is 5.74. The van der Waals surface area contributed by atoms with Crippen molar-refractivity contribution in [2.24, 2.45) is 0 Å². The standard InChI is InChI=1S/C19H17BrF2N2OS/c20-15-11-12(8-9-13(15)17(21)22)5-3-4-10-26-19-23-16-7-2-1-6-14(16)18(25)24-19/h1-2,6-9,11,17H,3-5,10H2,(H,23,24,25). The van der Waals surface area contributed by atoms with Crippen molar-refractivity contribution < 1.29 is 8.78 Å². The number of rotatable bonds is 7. The average molecular weight is 439 g/mol. The number of aryl methyl sites for hydroxylation is 1. The van der Waals surface area contributed by atoms with Gasteiger partial charge in [0.1, 0.15) is 0 Å². The van der Waals surface area contributed by atoms with Crippen molar-refractivity contribution in [3.63, 3.8) is 0 Å². The van der Waals surface area contributed by atoms with Crippen molar-refractivity contribution in [3.8, 4) is 0 Å². The molecule has 0 aliphatic carbocycles. The number of hydrogen-bond donors (Lipinski definition) is 1. The summed E-state index contributed by atoms with van der Waals surface area (Å²) in [6.07, 6.45) is 0.233. The van der Waals surface area contributed by atoms with Gasteiger partial charge in [-0.2, -0.15) is 0 Å². The van der Waals surface area contributed by atoms with E-state index in [4.69, 9.17) is 0 Å². The number of aromatic amines is 1. The number of nitrogens with zero attached hydrogens (tertiary/aromatic N) is 1. The molecule has 0 spiro atoms. The fraction of sp³-hybridized carbons (Fsp3) is 0.263. The Morgan fingerprint density at radius 3 is 2.73 bits per heavy atom. The Kier molecular flexibility index (Phi) is 6.43. The van der Waals surface area contributed by atoms with E-state index in [1.54, 1.807) is 18.2 Å². The lowest BCUT2D eigenvalue weighted by molar-refractivity contribution is 0.150. The van der Waals surface area contributed by atoms with Crippen LogP contribution in [0, 0.1) is 0 Å². The number of thioether (sulfide) groups is 1. The zero-order valence-electron chi connectivity index (χ0n) is 13.8. The van der Waals surface area contributed by atoms with Gasteiger partial charge in [0.25, 0.3) is 12.0 Å². The minimum absolute atomic E-state index is 0.0237. The summed E-state index contributed by atoms with van der Waals surface area (Å²) in [5.41, 5.74) is 1.63. The maximum atomic E-state index is 12.7. The third-order valence-electron chi connectivity index (χ3n) is 3.99. The highest BCUT2D eigenvalue weighted by molar-refractivity contribution is 9.10. The highest BCUT2D eigenvalue weighted by Gasteiger charge is 2.11. The molecule has 0 radical (unpaired) electrons.